The number of aliphatic hydroxyl groups excluding tert-OH is 3. The van der Waals surface area contributed by atoms with Crippen LogP contribution in [0.15, 0.2) is 83.8 Å². The fourth-order valence-electron chi connectivity index (χ4n) is 11.3. The zero-order valence-electron chi connectivity index (χ0n) is 52.7. The van der Waals surface area contributed by atoms with Gasteiger partial charge in [-0.2, -0.15) is 0 Å². The first kappa shape index (κ1) is 67.2. The molecule has 4 aliphatic rings. The van der Waals surface area contributed by atoms with Gasteiger partial charge < -0.3 is 94.1 Å². The van der Waals surface area contributed by atoms with E-state index < -0.39 is 72.1 Å². The van der Waals surface area contributed by atoms with Crippen LogP contribution >= 0.6 is 0 Å². The van der Waals surface area contributed by atoms with Crippen molar-refractivity contribution in [3.63, 3.8) is 0 Å². The number of likely N-dealkylation sites (N-methyl/N-ethyl adjacent to an activating group) is 2. The number of aliphatic carboxylic acids is 1. The lowest BCUT2D eigenvalue weighted by Crippen LogP contribution is -2.61. The third kappa shape index (κ3) is 16.3. The minimum Gasteiger partial charge on any atom is -0.496 e. The number of hydrogen-bond donors (Lipinski definition) is 7. The van der Waals surface area contributed by atoms with Crippen molar-refractivity contribution in [2.75, 3.05) is 83.8 Å². The van der Waals surface area contributed by atoms with Crippen LogP contribution in [0.4, 0.5) is 26.0 Å². The highest BCUT2D eigenvalue weighted by Crippen LogP contribution is 2.45. The second-order valence-corrected chi connectivity index (χ2v) is 25.0. The number of amides is 4. The second-order valence-electron chi connectivity index (χ2n) is 25.0. The lowest BCUT2D eigenvalue weighted by molar-refractivity contribution is -0.271. The molecule has 4 fully saturated rings. The van der Waals surface area contributed by atoms with E-state index in [1.807, 2.05) is 69.3 Å². The van der Waals surface area contributed by atoms with Crippen LogP contribution in [0.25, 0.3) is 22.0 Å². The van der Waals surface area contributed by atoms with E-state index in [4.69, 9.17) is 48.9 Å². The molecular formula is C64H84N10O17. The number of rotatable bonds is 22. The van der Waals surface area contributed by atoms with Gasteiger partial charge in [0.05, 0.1) is 30.1 Å². The van der Waals surface area contributed by atoms with Crippen molar-refractivity contribution in [2.24, 2.45) is 12.8 Å². The summed E-state index contributed by atoms with van der Waals surface area (Å²) in [5.74, 6) is -1.41. The van der Waals surface area contributed by atoms with Gasteiger partial charge in [0.1, 0.15) is 48.6 Å². The number of hydrogen-bond acceptors (Lipinski definition) is 21. The number of nitrogens with one attached hydrogen (secondary N) is 2. The van der Waals surface area contributed by atoms with Crippen molar-refractivity contribution < 1.29 is 77.6 Å². The average molecular weight is 1270 g/mol. The van der Waals surface area contributed by atoms with Gasteiger partial charge in [0, 0.05) is 108 Å². The number of aliphatic hydroxyl groups is 3. The predicted molar refractivity (Wildman–Crippen MR) is 332 cm³/mol. The number of piperidine rings is 2. The van der Waals surface area contributed by atoms with Crippen molar-refractivity contribution in [1.29, 1.82) is 0 Å². The van der Waals surface area contributed by atoms with E-state index in [0.29, 0.717) is 69.7 Å². The van der Waals surface area contributed by atoms with Crippen LogP contribution in [0.3, 0.4) is 0 Å². The second kappa shape index (κ2) is 28.5. The van der Waals surface area contributed by atoms with Gasteiger partial charge in [0.25, 0.3) is 5.56 Å². The van der Waals surface area contributed by atoms with E-state index in [-0.39, 0.29) is 67.9 Å². The van der Waals surface area contributed by atoms with Gasteiger partial charge in [0.15, 0.2) is 11.7 Å². The summed E-state index contributed by atoms with van der Waals surface area (Å²) in [6.07, 6.45) is -5.27. The Hall–Kier alpha value is -8.18. The molecule has 91 heavy (non-hydrogen) atoms. The van der Waals surface area contributed by atoms with Crippen molar-refractivity contribution in [2.45, 2.75) is 139 Å². The Morgan fingerprint density at radius 2 is 1.52 bits per heavy atom. The summed E-state index contributed by atoms with van der Waals surface area (Å²) in [5.41, 5.74) is 6.32. The molecule has 3 aromatic carbocycles. The fraction of sp³-hybridized carbons (Fsp3) is 0.531. The number of anilines is 2. The molecule has 2 aromatic heterocycles. The molecule has 3 saturated heterocycles. The maximum absolute atomic E-state index is 14.4. The lowest BCUT2D eigenvalue weighted by atomic mass is 9.87. The number of aromatic nitrogens is 3. The van der Waals surface area contributed by atoms with Crippen LogP contribution in [-0.4, -0.2) is 207 Å². The number of nitrogens with zero attached hydrogens (tertiary/aromatic N) is 7. The number of ether oxygens (including phenoxy) is 7. The monoisotopic (exact) mass is 1260 g/mol. The van der Waals surface area contributed by atoms with Crippen LogP contribution in [0, 0.1) is 0 Å². The zero-order chi connectivity index (χ0) is 65.5. The highest BCUT2D eigenvalue weighted by atomic mass is 16.7. The smallest absolute Gasteiger partial charge is 0.409 e. The minimum absolute atomic E-state index is 0.000186. The molecule has 5 heterocycles. The number of alkyl carbamates (subject to hydrolysis) is 1. The number of carbonyl (C=O) groups excluding carboxylic acids is 4. The highest BCUT2D eigenvalue weighted by Gasteiger charge is 2.49. The molecule has 27 heteroatoms. The fourth-order valence-corrected chi connectivity index (χ4v) is 11.3. The Morgan fingerprint density at radius 1 is 0.835 bits per heavy atom. The molecule has 0 bridgehead atoms. The Bertz CT molecular complexity index is 3480. The Labute approximate surface area is 527 Å². The number of nitrogens with two attached hydrogens (primary N) is 1. The first-order valence-corrected chi connectivity index (χ1v) is 30.6. The van der Waals surface area contributed by atoms with E-state index in [1.165, 1.54) is 59.8 Å². The summed E-state index contributed by atoms with van der Waals surface area (Å²) in [6.45, 7) is 9.92. The summed E-state index contributed by atoms with van der Waals surface area (Å²) >= 11 is 0. The molecule has 492 valence electrons. The third-order valence-electron chi connectivity index (χ3n) is 16.8. The van der Waals surface area contributed by atoms with Gasteiger partial charge in [-0.25, -0.2) is 29.1 Å². The highest BCUT2D eigenvalue weighted by molar-refractivity contribution is 5.93. The topological polar surface area (TPSA) is 342 Å². The van der Waals surface area contributed by atoms with Gasteiger partial charge >= 0.3 is 24.2 Å². The molecule has 0 radical (unpaired) electrons. The molecule has 6 atom stereocenters. The summed E-state index contributed by atoms with van der Waals surface area (Å²) in [5, 5.41) is 47.0. The van der Waals surface area contributed by atoms with Crippen LogP contribution in [-0.2, 0) is 52.5 Å². The van der Waals surface area contributed by atoms with Crippen LogP contribution in [0.2, 0.25) is 0 Å². The average Bonchev–Trinajstić information content (AvgIpc) is 1.58. The molecule has 27 nitrogen and oxygen atoms in total. The molecule has 8 N–H and O–H groups in total. The minimum atomic E-state index is -1.96. The molecule has 1 aliphatic carbocycles. The van der Waals surface area contributed by atoms with Crippen LogP contribution in [0.1, 0.15) is 89.5 Å². The molecular weight excluding hydrogens is 1180 g/mol. The Kier molecular flexibility index (Phi) is 21.1. The maximum Gasteiger partial charge on any atom is 0.409 e. The molecule has 3 aliphatic heterocycles. The van der Waals surface area contributed by atoms with Crippen molar-refractivity contribution in [3.8, 4) is 22.6 Å². The van der Waals surface area contributed by atoms with E-state index in [0.717, 1.165) is 51.6 Å². The number of likely N-dealkylation sites (tertiary alicyclic amines) is 1. The van der Waals surface area contributed by atoms with Crippen molar-refractivity contribution >= 4 is 52.7 Å². The summed E-state index contributed by atoms with van der Waals surface area (Å²) in [4.78, 5) is 95.9. The predicted octanol–water partition coefficient (Wildman–Crippen LogP) is 4.67. The van der Waals surface area contributed by atoms with Gasteiger partial charge in [0.2, 0.25) is 18.1 Å². The molecule has 5 aromatic rings. The number of carboxylic acid groups (broad SMARTS) is 1. The van der Waals surface area contributed by atoms with E-state index in [2.05, 4.69) is 27.4 Å². The van der Waals surface area contributed by atoms with Crippen molar-refractivity contribution in [3.05, 3.63) is 106 Å². The van der Waals surface area contributed by atoms with Crippen LogP contribution in [0.5, 0.6) is 11.5 Å². The molecule has 0 spiro atoms. The Balaban J connectivity index is 0.926. The normalized spacial score (nSPS) is 21.0. The van der Waals surface area contributed by atoms with Gasteiger partial charge in [-0.15, -0.1) is 0 Å². The number of carboxylic acids is 1. The maximum atomic E-state index is 14.4. The van der Waals surface area contributed by atoms with Gasteiger partial charge in [-0.1, -0.05) is 42.5 Å². The largest absolute Gasteiger partial charge is 0.496 e. The molecule has 1 saturated carbocycles. The first-order chi connectivity index (χ1) is 43.3. The number of aryl methyl sites for hydroxylation is 1. The number of benzene rings is 3. The third-order valence-corrected chi connectivity index (χ3v) is 16.8. The number of methoxy groups -OCH3 is 1. The molecule has 1 unspecified atom stereocenters. The first-order valence-electron chi connectivity index (χ1n) is 30.6. The van der Waals surface area contributed by atoms with Crippen molar-refractivity contribution in [1.82, 2.24) is 34.6 Å². The standard InChI is InChI=1S/C64H84N10O17/c1-62(2,3)91-59(82)69-63(4)23-28-73(29-24-63)41-21-26-74(27-22-41)58-67-45-18-15-39(44-35-72(7)50(76)34-48(44)85-8)33-43(45)55(68-58)64(90-42-16-17-42,40-12-10-9-11-13-40)37-87-61(84)71(6)31-30-70(5)60(83)86-36-38-14-19-47(46(32-38)66-49(75)20-25-65)88-57-53(79)51(77)52(78)54(89-57)56(80)81/h9-15,18-19,32-35,41-42,51-54,57,77-79H,16-17,20-31,36-37,65H2,1-8H3,(H,66,75)(H,69,82)(H,80,81)/t51-,52-,53+,54-,57+,64?/m0/s1. The quantitative estimate of drug-likeness (QED) is 0.0463. The molecule has 4 amide bonds. The summed E-state index contributed by atoms with van der Waals surface area (Å²) in [7, 11) is 6.20. The number of fused-ring (bicyclic) bond motifs is 1. The summed E-state index contributed by atoms with van der Waals surface area (Å²) < 4.78 is 43.0. The van der Waals surface area contributed by atoms with E-state index in [9.17, 15) is 49.2 Å². The number of pyridine rings is 1. The van der Waals surface area contributed by atoms with E-state index in [1.54, 1.807) is 13.2 Å². The zero-order valence-corrected chi connectivity index (χ0v) is 52.7. The van der Waals surface area contributed by atoms with Gasteiger partial charge in [-0.3, -0.25) is 9.59 Å². The Morgan fingerprint density at radius 3 is 2.15 bits per heavy atom. The van der Waals surface area contributed by atoms with Crippen LogP contribution < -0.4 is 36.3 Å². The van der Waals surface area contributed by atoms with E-state index >= 15 is 0 Å². The summed E-state index contributed by atoms with van der Waals surface area (Å²) in [6, 6.07) is 21.3. The van der Waals surface area contributed by atoms with Gasteiger partial charge in [-0.05, 0) is 107 Å². The molecule has 9 rings (SSSR count). The SMILES string of the molecule is COc1cc(=O)n(C)cc1-c1ccc2nc(N3CCC(N4CCC(C)(NC(=O)OC(C)(C)C)CC4)CC3)nc(C(COC(=O)N(C)CCN(C)C(=O)OCc3ccc(O[C@@H]4O[C@H](C(=O)O)[C@@H](O)[C@H](O)[C@H]4O)c(NC(=O)CCN)c3)(OC3CC3)c3ccccc3)c2c1. The lowest BCUT2D eigenvalue weighted by Gasteiger charge is -2.45. The number of carbonyl (C=O) groups is 5.